The number of nitrogens with zero attached hydrogens (tertiary/aromatic N) is 2. The van der Waals surface area contributed by atoms with Crippen molar-refractivity contribution in [1.82, 2.24) is 14.9 Å². The molecule has 2 rings (SSSR count). The van der Waals surface area contributed by atoms with Crippen molar-refractivity contribution in [2.45, 2.75) is 39.7 Å². The highest BCUT2D eigenvalue weighted by atomic mass is 15.1. The Labute approximate surface area is 109 Å². The van der Waals surface area contributed by atoms with Crippen LogP contribution in [0.3, 0.4) is 0 Å². The lowest BCUT2D eigenvalue weighted by Crippen LogP contribution is -2.21. The fourth-order valence-electron chi connectivity index (χ4n) is 2.28. The number of aryl methyl sites for hydroxylation is 1. The van der Waals surface area contributed by atoms with E-state index in [1.54, 1.807) is 0 Å². The van der Waals surface area contributed by atoms with Crippen molar-refractivity contribution in [2.24, 2.45) is 0 Å². The standard InChI is InChI=1S/C15H23N3/c1-3-7-15-17-13-8-5-6-9-14(13)18(15)12-11-16-10-4-2/h5-6,8-9,16H,3-4,7,10-12H2,1-2H3. The van der Waals surface area contributed by atoms with Crippen molar-refractivity contribution in [1.29, 1.82) is 0 Å². The first-order valence-corrected chi connectivity index (χ1v) is 7.01. The second-order valence-corrected chi connectivity index (χ2v) is 4.67. The highest BCUT2D eigenvalue weighted by molar-refractivity contribution is 5.75. The third-order valence-electron chi connectivity index (χ3n) is 3.15. The molecule has 0 spiro atoms. The Morgan fingerprint density at radius 3 is 2.72 bits per heavy atom. The molecule has 2 aromatic rings. The molecule has 0 saturated carbocycles. The molecule has 3 nitrogen and oxygen atoms in total. The Morgan fingerprint density at radius 1 is 1.11 bits per heavy atom. The lowest BCUT2D eigenvalue weighted by atomic mass is 10.3. The molecule has 1 heterocycles. The average molecular weight is 245 g/mol. The molecular formula is C15H23N3. The fraction of sp³-hybridized carbons (Fsp3) is 0.533. The number of aromatic nitrogens is 2. The Morgan fingerprint density at radius 2 is 1.94 bits per heavy atom. The number of nitrogens with one attached hydrogen (secondary N) is 1. The summed E-state index contributed by atoms with van der Waals surface area (Å²) in [6.45, 7) is 7.53. The van der Waals surface area contributed by atoms with Crippen molar-refractivity contribution < 1.29 is 0 Å². The van der Waals surface area contributed by atoms with Crippen LogP contribution in [-0.4, -0.2) is 22.6 Å². The maximum atomic E-state index is 4.74. The molecule has 0 fully saturated rings. The van der Waals surface area contributed by atoms with Gasteiger partial charge >= 0.3 is 0 Å². The minimum atomic E-state index is 1.01. The second-order valence-electron chi connectivity index (χ2n) is 4.67. The van der Waals surface area contributed by atoms with E-state index in [-0.39, 0.29) is 0 Å². The summed E-state index contributed by atoms with van der Waals surface area (Å²) < 4.78 is 2.36. The van der Waals surface area contributed by atoms with Gasteiger partial charge in [0.2, 0.25) is 0 Å². The molecule has 0 radical (unpaired) electrons. The Bertz CT molecular complexity index is 487. The average Bonchev–Trinajstić information content (AvgIpc) is 2.73. The van der Waals surface area contributed by atoms with Crippen LogP contribution in [0, 0.1) is 0 Å². The molecule has 0 amide bonds. The van der Waals surface area contributed by atoms with E-state index in [0.717, 1.165) is 38.0 Å². The predicted octanol–water partition coefficient (Wildman–Crippen LogP) is 2.99. The molecule has 1 aromatic carbocycles. The summed E-state index contributed by atoms with van der Waals surface area (Å²) in [6.07, 6.45) is 3.39. The topological polar surface area (TPSA) is 29.9 Å². The Balaban J connectivity index is 2.19. The number of fused-ring (bicyclic) bond motifs is 1. The smallest absolute Gasteiger partial charge is 0.109 e. The van der Waals surface area contributed by atoms with Gasteiger partial charge in [-0.3, -0.25) is 0 Å². The Kier molecular flexibility index (Phi) is 4.76. The zero-order valence-electron chi connectivity index (χ0n) is 11.4. The van der Waals surface area contributed by atoms with Gasteiger partial charge in [-0.2, -0.15) is 0 Å². The van der Waals surface area contributed by atoms with Crippen molar-refractivity contribution in [2.75, 3.05) is 13.1 Å². The van der Waals surface area contributed by atoms with Crippen LogP contribution >= 0.6 is 0 Å². The molecule has 1 N–H and O–H groups in total. The van der Waals surface area contributed by atoms with Crippen LogP contribution in [-0.2, 0) is 13.0 Å². The summed E-state index contributed by atoms with van der Waals surface area (Å²) in [7, 11) is 0. The van der Waals surface area contributed by atoms with E-state index in [0.29, 0.717) is 0 Å². The van der Waals surface area contributed by atoms with Gasteiger partial charge in [0.25, 0.3) is 0 Å². The monoisotopic (exact) mass is 245 g/mol. The van der Waals surface area contributed by atoms with Gasteiger partial charge in [-0.25, -0.2) is 4.98 Å². The maximum Gasteiger partial charge on any atom is 0.109 e. The third kappa shape index (κ3) is 2.91. The predicted molar refractivity (Wildman–Crippen MR) is 76.9 cm³/mol. The molecule has 18 heavy (non-hydrogen) atoms. The van der Waals surface area contributed by atoms with Gasteiger partial charge in [0.05, 0.1) is 11.0 Å². The number of imidazole rings is 1. The fourth-order valence-corrected chi connectivity index (χ4v) is 2.28. The van der Waals surface area contributed by atoms with Crippen molar-refractivity contribution in [3.63, 3.8) is 0 Å². The van der Waals surface area contributed by atoms with Crippen molar-refractivity contribution >= 4 is 11.0 Å². The van der Waals surface area contributed by atoms with Crippen LogP contribution in [0.15, 0.2) is 24.3 Å². The first-order chi connectivity index (χ1) is 8.86. The van der Waals surface area contributed by atoms with Crippen molar-refractivity contribution in [3.05, 3.63) is 30.1 Å². The molecule has 0 aliphatic rings. The van der Waals surface area contributed by atoms with Gasteiger partial charge in [-0.15, -0.1) is 0 Å². The molecule has 3 heteroatoms. The summed E-state index contributed by atoms with van der Waals surface area (Å²) in [6, 6.07) is 8.42. The quantitative estimate of drug-likeness (QED) is 0.760. The normalized spacial score (nSPS) is 11.2. The number of hydrogen-bond acceptors (Lipinski definition) is 2. The molecule has 1 aromatic heterocycles. The summed E-state index contributed by atoms with van der Waals surface area (Å²) in [5.74, 6) is 1.22. The molecule has 0 atom stereocenters. The SMILES string of the molecule is CCCNCCn1c(CCC)nc2ccccc21. The molecule has 0 aliphatic carbocycles. The zero-order valence-corrected chi connectivity index (χ0v) is 11.4. The number of rotatable bonds is 7. The highest BCUT2D eigenvalue weighted by Crippen LogP contribution is 2.16. The minimum Gasteiger partial charge on any atom is -0.327 e. The van der Waals surface area contributed by atoms with Crippen LogP contribution in [0.5, 0.6) is 0 Å². The number of hydrogen-bond donors (Lipinski definition) is 1. The first kappa shape index (κ1) is 13.1. The molecule has 0 unspecified atom stereocenters. The molecule has 0 saturated heterocycles. The van der Waals surface area contributed by atoms with E-state index in [9.17, 15) is 0 Å². The van der Waals surface area contributed by atoms with E-state index in [2.05, 4.69) is 48.0 Å². The summed E-state index contributed by atoms with van der Waals surface area (Å²) >= 11 is 0. The summed E-state index contributed by atoms with van der Waals surface area (Å²) in [5, 5.41) is 3.46. The van der Waals surface area contributed by atoms with Gasteiger partial charge in [0, 0.05) is 19.5 Å². The summed E-state index contributed by atoms with van der Waals surface area (Å²) in [4.78, 5) is 4.74. The minimum absolute atomic E-state index is 1.01. The van der Waals surface area contributed by atoms with Gasteiger partial charge in [-0.05, 0) is 31.5 Å². The maximum absolute atomic E-state index is 4.74. The van der Waals surface area contributed by atoms with E-state index in [1.165, 1.54) is 17.8 Å². The van der Waals surface area contributed by atoms with Gasteiger partial charge < -0.3 is 9.88 Å². The van der Waals surface area contributed by atoms with Crippen LogP contribution in [0.4, 0.5) is 0 Å². The van der Waals surface area contributed by atoms with E-state index in [4.69, 9.17) is 4.98 Å². The summed E-state index contributed by atoms with van der Waals surface area (Å²) in [5.41, 5.74) is 2.38. The second kappa shape index (κ2) is 6.55. The van der Waals surface area contributed by atoms with E-state index >= 15 is 0 Å². The van der Waals surface area contributed by atoms with Crippen LogP contribution < -0.4 is 5.32 Å². The van der Waals surface area contributed by atoms with Gasteiger partial charge in [-0.1, -0.05) is 26.0 Å². The van der Waals surface area contributed by atoms with E-state index in [1.807, 2.05) is 0 Å². The largest absolute Gasteiger partial charge is 0.327 e. The third-order valence-corrected chi connectivity index (χ3v) is 3.15. The zero-order chi connectivity index (χ0) is 12.8. The molecular weight excluding hydrogens is 222 g/mol. The number of para-hydroxylation sites is 2. The molecule has 98 valence electrons. The first-order valence-electron chi connectivity index (χ1n) is 7.01. The van der Waals surface area contributed by atoms with E-state index < -0.39 is 0 Å². The van der Waals surface area contributed by atoms with Crippen LogP contribution in [0.1, 0.15) is 32.5 Å². The van der Waals surface area contributed by atoms with Crippen molar-refractivity contribution in [3.8, 4) is 0 Å². The lowest BCUT2D eigenvalue weighted by molar-refractivity contribution is 0.583. The molecule has 0 aliphatic heterocycles. The van der Waals surface area contributed by atoms with Crippen LogP contribution in [0.25, 0.3) is 11.0 Å². The van der Waals surface area contributed by atoms with Crippen LogP contribution in [0.2, 0.25) is 0 Å². The Hall–Kier alpha value is -1.35. The molecule has 0 bridgehead atoms. The lowest BCUT2D eigenvalue weighted by Gasteiger charge is -2.09. The number of benzene rings is 1. The van der Waals surface area contributed by atoms with Gasteiger partial charge in [0.1, 0.15) is 5.82 Å². The van der Waals surface area contributed by atoms with Gasteiger partial charge in [0.15, 0.2) is 0 Å². The highest BCUT2D eigenvalue weighted by Gasteiger charge is 2.08.